The van der Waals surface area contributed by atoms with Gasteiger partial charge in [0.1, 0.15) is 39.1 Å². The third kappa shape index (κ3) is 3.75. The summed E-state index contributed by atoms with van der Waals surface area (Å²) in [5, 5.41) is 0.708. The number of nitrogens with zero attached hydrogens (tertiary/aromatic N) is 3. The van der Waals surface area contributed by atoms with Crippen LogP contribution in [-0.2, 0) is 6.54 Å². The Kier molecular flexibility index (Phi) is 5.69. The molecule has 8 nitrogen and oxygen atoms in total. The van der Waals surface area contributed by atoms with E-state index in [1.165, 1.54) is 22.5 Å². The molecule has 9 heteroatoms. The van der Waals surface area contributed by atoms with E-state index in [2.05, 4.69) is 9.97 Å². The van der Waals surface area contributed by atoms with Gasteiger partial charge in [-0.25, -0.2) is 4.98 Å². The van der Waals surface area contributed by atoms with Crippen molar-refractivity contribution in [3.05, 3.63) is 88.5 Å². The Morgan fingerprint density at radius 2 is 1.79 bits per heavy atom. The van der Waals surface area contributed by atoms with Gasteiger partial charge in [-0.1, -0.05) is 29.5 Å². The molecule has 2 aromatic carbocycles. The second-order valence-electron chi connectivity index (χ2n) is 7.33. The molecule has 0 saturated heterocycles. The Hall–Kier alpha value is -4.24. The lowest BCUT2D eigenvalue weighted by Gasteiger charge is -2.19. The number of methoxy groups -OCH3 is 2. The first-order valence-electron chi connectivity index (χ1n) is 10.3. The number of para-hydroxylation sites is 1. The van der Waals surface area contributed by atoms with Crippen molar-refractivity contribution in [3.63, 3.8) is 0 Å². The van der Waals surface area contributed by atoms with Crippen LogP contribution in [0.25, 0.3) is 21.2 Å². The van der Waals surface area contributed by atoms with Crippen molar-refractivity contribution < 1.29 is 18.7 Å². The van der Waals surface area contributed by atoms with E-state index < -0.39 is 11.3 Å². The number of carbonyl (C=O) groups is 1. The zero-order chi connectivity index (χ0) is 23.7. The molecule has 0 N–H and O–H groups in total. The number of hydrogen-bond donors (Lipinski definition) is 0. The maximum atomic E-state index is 13.7. The van der Waals surface area contributed by atoms with Crippen LogP contribution in [-0.4, -0.2) is 30.1 Å². The first kappa shape index (κ1) is 21.6. The summed E-state index contributed by atoms with van der Waals surface area (Å²) in [5.41, 5.74) is 1.11. The average molecular weight is 474 g/mol. The molecule has 0 bridgehead atoms. The fraction of sp³-hybridized carbons (Fsp3) is 0.120. The van der Waals surface area contributed by atoms with Gasteiger partial charge in [0, 0.05) is 6.20 Å². The molecule has 0 fully saturated rings. The van der Waals surface area contributed by atoms with Crippen molar-refractivity contribution in [1.29, 1.82) is 0 Å². The molecule has 170 valence electrons. The first-order chi connectivity index (χ1) is 16.6. The van der Waals surface area contributed by atoms with E-state index in [0.29, 0.717) is 38.8 Å². The normalized spacial score (nSPS) is 11.0. The van der Waals surface area contributed by atoms with Gasteiger partial charge < -0.3 is 13.9 Å². The van der Waals surface area contributed by atoms with Crippen molar-refractivity contribution in [2.24, 2.45) is 0 Å². The number of carbonyl (C=O) groups excluding carboxylic acids is 1. The Labute approximate surface area is 198 Å². The molecule has 0 aliphatic carbocycles. The van der Waals surface area contributed by atoms with E-state index >= 15 is 0 Å². The highest BCUT2D eigenvalue weighted by Crippen LogP contribution is 2.40. The molecule has 0 aliphatic heterocycles. The smallest absolute Gasteiger partial charge is 0.267 e. The predicted octanol–water partition coefficient (Wildman–Crippen LogP) is 4.66. The van der Waals surface area contributed by atoms with Crippen LogP contribution in [0.3, 0.4) is 0 Å². The SMILES string of the molecule is COc1ccc(OC)c2sc(N(Cc3ccccn3)C(=O)c3coc4ccccc4c3=O)nc12. The number of anilines is 1. The maximum absolute atomic E-state index is 13.7. The average Bonchev–Trinajstić information content (AvgIpc) is 3.32. The third-order valence-electron chi connectivity index (χ3n) is 5.33. The summed E-state index contributed by atoms with van der Waals surface area (Å²) < 4.78 is 17.3. The number of benzene rings is 2. The van der Waals surface area contributed by atoms with Crippen molar-refractivity contribution in [3.8, 4) is 11.5 Å². The highest BCUT2D eigenvalue weighted by atomic mass is 32.1. The molecular weight excluding hydrogens is 454 g/mol. The number of ether oxygens (including phenoxy) is 2. The zero-order valence-corrected chi connectivity index (χ0v) is 19.2. The Morgan fingerprint density at radius 3 is 2.56 bits per heavy atom. The van der Waals surface area contributed by atoms with E-state index in [1.807, 2.05) is 6.07 Å². The number of hydrogen-bond acceptors (Lipinski definition) is 8. The summed E-state index contributed by atoms with van der Waals surface area (Å²) in [6.45, 7) is 0.108. The maximum Gasteiger partial charge on any atom is 0.267 e. The molecule has 1 amide bonds. The topological polar surface area (TPSA) is 94.8 Å². The molecule has 5 aromatic rings. The van der Waals surface area contributed by atoms with E-state index in [4.69, 9.17) is 13.9 Å². The van der Waals surface area contributed by atoms with Crippen LogP contribution in [0.15, 0.2) is 76.3 Å². The molecule has 34 heavy (non-hydrogen) atoms. The second kappa shape index (κ2) is 8.95. The Morgan fingerprint density at radius 1 is 1.03 bits per heavy atom. The summed E-state index contributed by atoms with van der Waals surface area (Å²) in [5.74, 6) is 0.617. The molecule has 0 radical (unpaired) electrons. The second-order valence-corrected chi connectivity index (χ2v) is 8.31. The standard InChI is InChI=1S/C25H19N3O5S/c1-31-19-10-11-20(32-2)23-21(19)27-25(34-23)28(13-15-7-5-6-12-26-15)24(30)17-14-33-18-9-4-3-8-16(18)22(17)29/h3-12,14H,13H2,1-2H3. The minimum Gasteiger partial charge on any atom is -0.495 e. The molecule has 0 unspecified atom stereocenters. The number of rotatable bonds is 6. The van der Waals surface area contributed by atoms with E-state index in [1.54, 1.807) is 68.9 Å². The number of fused-ring (bicyclic) bond motifs is 2. The van der Waals surface area contributed by atoms with Crippen LogP contribution in [0.5, 0.6) is 11.5 Å². The fourth-order valence-electron chi connectivity index (χ4n) is 3.64. The van der Waals surface area contributed by atoms with Gasteiger partial charge in [0.2, 0.25) is 5.43 Å². The monoisotopic (exact) mass is 473 g/mol. The van der Waals surface area contributed by atoms with Gasteiger partial charge in [-0.3, -0.25) is 19.5 Å². The lowest BCUT2D eigenvalue weighted by atomic mass is 10.1. The first-order valence-corrected chi connectivity index (χ1v) is 11.2. The minimum atomic E-state index is -0.540. The molecule has 3 aromatic heterocycles. The number of thiazole rings is 1. The Bertz CT molecular complexity index is 1520. The largest absolute Gasteiger partial charge is 0.495 e. The van der Waals surface area contributed by atoms with Gasteiger partial charge >= 0.3 is 0 Å². The van der Waals surface area contributed by atoms with Gasteiger partial charge in [0.25, 0.3) is 5.91 Å². The van der Waals surface area contributed by atoms with Crippen LogP contribution in [0.1, 0.15) is 16.1 Å². The van der Waals surface area contributed by atoms with Crippen molar-refractivity contribution in [2.75, 3.05) is 19.1 Å². The highest BCUT2D eigenvalue weighted by Gasteiger charge is 2.27. The molecule has 0 spiro atoms. The summed E-state index contributed by atoms with van der Waals surface area (Å²) >= 11 is 1.27. The lowest BCUT2D eigenvalue weighted by Crippen LogP contribution is -2.34. The van der Waals surface area contributed by atoms with Crippen molar-refractivity contribution in [2.45, 2.75) is 6.54 Å². The lowest BCUT2D eigenvalue weighted by molar-refractivity contribution is 0.0982. The highest BCUT2D eigenvalue weighted by molar-refractivity contribution is 7.22. The van der Waals surface area contributed by atoms with Crippen LogP contribution in [0.2, 0.25) is 0 Å². The summed E-state index contributed by atoms with van der Waals surface area (Å²) in [6.07, 6.45) is 2.85. The molecule has 3 heterocycles. The summed E-state index contributed by atoms with van der Waals surface area (Å²) in [7, 11) is 3.12. The quantitative estimate of drug-likeness (QED) is 0.354. The van der Waals surface area contributed by atoms with Gasteiger partial charge in [0.05, 0.1) is 31.8 Å². The van der Waals surface area contributed by atoms with Crippen LogP contribution in [0.4, 0.5) is 5.13 Å². The van der Waals surface area contributed by atoms with Crippen molar-refractivity contribution >= 4 is 43.6 Å². The molecular formula is C25H19N3O5S. The van der Waals surface area contributed by atoms with Crippen LogP contribution in [0, 0.1) is 0 Å². The predicted molar refractivity (Wildman–Crippen MR) is 130 cm³/mol. The number of aromatic nitrogens is 2. The Balaban J connectivity index is 1.67. The number of pyridine rings is 1. The van der Waals surface area contributed by atoms with Gasteiger partial charge in [-0.2, -0.15) is 0 Å². The van der Waals surface area contributed by atoms with E-state index in [-0.39, 0.29) is 12.1 Å². The molecule has 0 atom stereocenters. The fourth-order valence-corrected chi connectivity index (χ4v) is 4.71. The van der Waals surface area contributed by atoms with E-state index in [9.17, 15) is 9.59 Å². The van der Waals surface area contributed by atoms with E-state index in [0.717, 1.165) is 4.70 Å². The van der Waals surface area contributed by atoms with Crippen LogP contribution >= 0.6 is 11.3 Å². The van der Waals surface area contributed by atoms with Crippen molar-refractivity contribution in [1.82, 2.24) is 9.97 Å². The molecule has 5 rings (SSSR count). The zero-order valence-electron chi connectivity index (χ0n) is 18.3. The van der Waals surface area contributed by atoms with Gasteiger partial charge in [-0.15, -0.1) is 0 Å². The van der Waals surface area contributed by atoms with Gasteiger partial charge in [0.15, 0.2) is 5.13 Å². The molecule has 0 aliphatic rings. The molecule has 0 saturated carbocycles. The van der Waals surface area contributed by atoms with Gasteiger partial charge in [-0.05, 0) is 36.4 Å². The van der Waals surface area contributed by atoms with Crippen LogP contribution < -0.4 is 19.8 Å². The minimum absolute atomic E-state index is 0.0900. The third-order valence-corrected chi connectivity index (χ3v) is 6.42. The summed E-state index contributed by atoms with van der Waals surface area (Å²) in [4.78, 5) is 37.3. The number of amides is 1. The summed E-state index contributed by atoms with van der Waals surface area (Å²) in [6, 6.07) is 15.8.